The molecule has 0 unspecified atom stereocenters. The number of hydrogen-bond donors (Lipinski definition) is 0. The van der Waals surface area contributed by atoms with Gasteiger partial charge in [-0.3, -0.25) is 0 Å². The van der Waals surface area contributed by atoms with Crippen molar-refractivity contribution in [2.45, 2.75) is 13.8 Å². The molecule has 0 atom stereocenters. The van der Waals surface area contributed by atoms with Crippen molar-refractivity contribution in [1.29, 1.82) is 0 Å². The van der Waals surface area contributed by atoms with Crippen molar-refractivity contribution in [3.63, 3.8) is 0 Å². The fourth-order valence-electron chi connectivity index (χ4n) is 1.09. The Hall–Kier alpha value is -1.81. The van der Waals surface area contributed by atoms with E-state index in [0.717, 1.165) is 12.2 Å². The van der Waals surface area contributed by atoms with Crippen LogP contribution in [0.15, 0.2) is 36.4 Å². The van der Waals surface area contributed by atoms with Gasteiger partial charge in [0.25, 0.3) is 0 Å². The number of rotatable bonds is 5. The molecule has 0 fully saturated rings. The summed E-state index contributed by atoms with van der Waals surface area (Å²) in [6, 6.07) is 6.33. The number of carbonyl (C=O) groups is 2. The third-order valence-electron chi connectivity index (χ3n) is 1.95. The van der Waals surface area contributed by atoms with Crippen LogP contribution in [0, 0.1) is 5.92 Å². The highest BCUT2D eigenvalue weighted by molar-refractivity contribution is 6.30. The molecule has 0 aliphatic heterocycles. The van der Waals surface area contributed by atoms with Crippen LogP contribution in [0.5, 0.6) is 5.75 Å². The van der Waals surface area contributed by atoms with Gasteiger partial charge in [-0.1, -0.05) is 25.4 Å². The summed E-state index contributed by atoms with van der Waals surface area (Å²) in [5, 5.41) is 0.549. The van der Waals surface area contributed by atoms with Crippen LogP contribution < -0.4 is 4.74 Å². The molecule has 0 saturated carbocycles. The zero-order valence-corrected chi connectivity index (χ0v) is 11.5. The molecule has 0 bridgehead atoms. The second-order valence-corrected chi connectivity index (χ2v) is 4.67. The first kappa shape index (κ1) is 15.2. The molecule has 0 amide bonds. The number of carbonyl (C=O) groups excluding carboxylic acids is 2. The zero-order valence-electron chi connectivity index (χ0n) is 10.8. The molecule has 0 N–H and O–H groups in total. The van der Waals surface area contributed by atoms with Gasteiger partial charge >= 0.3 is 11.9 Å². The SMILES string of the molecule is CC(C)COC(=O)/C=C/C(=O)Oc1ccc(Cl)cc1. The summed E-state index contributed by atoms with van der Waals surface area (Å²) in [5.41, 5.74) is 0. The van der Waals surface area contributed by atoms with Gasteiger partial charge in [0.1, 0.15) is 5.75 Å². The van der Waals surface area contributed by atoms with E-state index in [1.54, 1.807) is 24.3 Å². The average molecular weight is 283 g/mol. The molecular weight excluding hydrogens is 268 g/mol. The molecule has 0 radical (unpaired) electrons. The molecule has 1 aromatic carbocycles. The topological polar surface area (TPSA) is 52.6 Å². The predicted molar refractivity (Wildman–Crippen MR) is 72.0 cm³/mol. The molecule has 4 nitrogen and oxygen atoms in total. The lowest BCUT2D eigenvalue weighted by molar-refractivity contribution is -0.139. The second-order valence-electron chi connectivity index (χ2n) is 4.23. The van der Waals surface area contributed by atoms with Gasteiger partial charge in [0.15, 0.2) is 0 Å². The van der Waals surface area contributed by atoms with E-state index in [1.807, 2.05) is 13.8 Å². The third-order valence-corrected chi connectivity index (χ3v) is 2.20. The number of esters is 2. The van der Waals surface area contributed by atoms with Gasteiger partial charge < -0.3 is 9.47 Å². The molecule has 0 spiro atoms. The highest BCUT2D eigenvalue weighted by Crippen LogP contribution is 2.15. The van der Waals surface area contributed by atoms with Crippen LogP contribution in [-0.4, -0.2) is 18.5 Å². The summed E-state index contributed by atoms with van der Waals surface area (Å²) in [7, 11) is 0. The van der Waals surface area contributed by atoms with E-state index in [4.69, 9.17) is 21.1 Å². The first-order chi connectivity index (χ1) is 8.97. The van der Waals surface area contributed by atoms with E-state index in [9.17, 15) is 9.59 Å². The largest absolute Gasteiger partial charge is 0.462 e. The lowest BCUT2D eigenvalue weighted by Gasteiger charge is -2.04. The Bertz CT molecular complexity index is 463. The second kappa shape index (κ2) is 7.59. The Morgan fingerprint density at radius 2 is 1.74 bits per heavy atom. The lowest BCUT2D eigenvalue weighted by atomic mass is 10.2. The van der Waals surface area contributed by atoms with Crippen molar-refractivity contribution < 1.29 is 19.1 Å². The minimum Gasteiger partial charge on any atom is -0.462 e. The van der Waals surface area contributed by atoms with Gasteiger partial charge in [-0.15, -0.1) is 0 Å². The number of ether oxygens (including phenoxy) is 2. The summed E-state index contributed by atoms with van der Waals surface area (Å²) in [4.78, 5) is 22.6. The summed E-state index contributed by atoms with van der Waals surface area (Å²) >= 11 is 5.70. The van der Waals surface area contributed by atoms with Crippen molar-refractivity contribution in [3.05, 3.63) is 41.4 Å². The monoisotopic (exact) mass is 282 g/mol. The van der Waals surface area contributed by atoms with Crippen LogP contribution in [0.1, 0.15) is 13.8 Å². The third kappa shape index (κ3) is 6.62. The minimum atomic E-state index is -0.649. The molecule has 0 aromatic heterocycles. The van der Waals surface area contributed by atoms with Crippen LogP contribution in [0.2, 0.25) is 5.02 Å². The van der Waals surface area contributed by atoms with Crippen molar-refractivity contribution in [3.8, 4) is 5.75 Å². The van der Waals surface area contributed by atoms with E-state index in [-0.39, 0.29) is 5.92 Å². The molecule has 0 heterocycles. The first-order valence-corrected chi connectivity index (χ1v) is 6.17. The van der Waals surface area contributed by atoms with Gasteiger partial charge in [-0.25, -0.2) is 9.59 Å². The van der Waals surface area contributed by atoms with Crippen LogP contribution >= 0.6 is 11.6 Å². The number of halogens is 1. The molecule has 1 aromatic rings. The predicted octanol–water partition coefficient (Wildman–Crippen LogP) is 3.00. The Balaban J connectivity index is 2.42. The van der Waals surface area contributed by atoms with Crippen LogP contribution in [-0.2, 0) is 14.3 Å². The van der Waals surface area contributed by atoms with Gasteiger partial charge in [0, 0.05) is 17.2 Å². The summed E-state index contributed by atoms with van der Waals surface area (Å²) < 4.78 is 9.82. The van der Waals surface area contributed by atoms with E-state index in [0.29, 0.717) is 17.4 Å². The standard InChI is InChI=1S/C14H15ClO4/c1-10(2)9-18-13(16)7-8-14(17)19-12-5-3-11(15)4-6-12/h3-8,10H,9H2,1-2H3/b8-7+. The molecule has 0 aliphatic carbocycles. The van der Waals surface area contributed by atoms with Gasteiger partial charge in [-0.05, 0) is 30.2 Å². The Morgan fingerprint density at radius 1 is 1.16 bits per heavy atom. The van der Waals surface area contributed by atoms with Crippen molar-refractivity contribution in [2.75, 3.05) is 6.61 Å². The highest BCUT2D eigenvalue weighted by Gasteiger charge is 2.03. The van der Waals surface area contributed by atoms with Gasteiger partial charge in [0.05, 0.1) is 6.61 Å². The summed E-state index contributed by atoms with van der Waals surface area (Å²) in [6.07, 6.45) is 2.07. The molecule has 0 aliphatic rings. The van der Waals surface area contributed by atoms with E-state index >= 15 is 0 Å². The summed E-state index contributed by atoms with van der Waals surface area (Å²) in [5.74, 6) is -0.612. The maximum atomic E-state index is 11.4. The van der Waals surface area contributed by atoms with Crippen LogP contribution in [0.3, 0.4) is 0 Å². The minimum absolute atomic E-state index is 0.248. The fraction of sp³-hybridized carbons (Fsp3) is 0.286. The Kier molecular flexibility index (Phi) is 6.09. The van der Waals surface area contributed by atoms with Crippen LogP contribution in [0.4, 0.5) is 0 Å². The van der Waals surface area contributed by atoms with E-state index < -0.39 is 11.9 Å². The Morgan fingerprint density at radius 3 is 2.32 bits per heavy atom. The van der Waals surface area contributed by atoms with Crippen molar-refractivity contribution in [1.82, 2.24) is 0 Å². The molecule has 19 heavy (non-hydrogen) atoms. The maximum absolute atomic E-state index is 11.4. The average Bonchev–Trinajstić information content (AvgIpc) is 2.36. The molecular formula is C14H15ClO4. The lowest BCUT2D eigenvalue weighted by Crippen LogP contribution is -2.09. The zero-order chi connectivity index (χ0) is 14.3. The van der Waals surface area contributed by atoms with Crippen molar-refractivity contribution >= 4 is 23.5 Å². The van der Waals surface area contributed by atoms with E-state index in [1.165, 1.54) is 0 Å². The van der Waals surface area contributed by atoms with Gasteiger partial charge in [-0.2, -0.15) is 0 Å². The fourth-order valence-corrected chi connectivity index (χ4v) is 1.21. The normalized spacial score (nSPS) is 10.7. The number of benzene rings is 1. The smallest absolute Gasteiger partial charge is 0.336 e. The summed E-state index contributed by atoms with van der Waals surface area (Å²) in [6.45, 7) is 4.16. The molecule has 1 rings (SSSR count). The van der Waals surface area contributed by atoms with E-state index in [2.05, 4.69) is 0 Å². The number of hydrogen-bond acceptors (Lipinski definition) is 4. The van der Waals surface area contributed by atoms with Gasteiger partial charge in [0.2, 0.25) is 0 Å². The Labute approximate surface area is 117 Å². The quantitative estimate of drug-likeness (QED) is 0.473. The highest BCUT2D eigenvalue weighted by atomic mass is 35.5. The van der Waals surface area contributed by atoms with Crippen LogP contribution in [0.25, 0.3) is 0 Å². The maximum Gasteiger partial charge on any atom is 0.336 e. The molecule has 0 saturated heterocycles. The molecule has 102 valence electrons. The first-order valence-electron chi connectivity index (χ1n) is 5.79. The van der Waals surface area contributed by atoms with Crippen molar-refractivity contribution in [2.24, 2.45) is 5.92 Å². The molecule has 5 heteroatoms.